The highest BCUT2D eigenvalue weighted by Crippen LogP contribution is 2.27. The maximum absolute atomic E-state index is 13.1. The number of hydrogen-bond donors (Lipinski definition) is 3. The van der Waals surface area contributed by atoms with Gasteiger partial charge in [-0.15, -0.1) is 0 Å². The molecule has 0 spiro atoms. The summed E-state index contributed by atoms with van der Waals surface area (Å²) in [6.07, 6.45) is 7.93. The van der Waals surface area contributed by atoms with E-state index in [-0.39, 0.29) is 23.9 Å². The van der Waals surface area contributed by atoms with Crippen molar-refractivity contribution < 1.29 is 9.53 Å². The third-order valence-electron chi connectivity index (χ3n) is 6.58. The van der Waals surface area contributed by atoms with Gasteiger partial charge in [0, 0.05) is 36.3 Å². The Kier molecular flexibility index (Phi) is 6.69. The smallest absolute Gasteiger partial charge is 0.255 e. The highest BCUT2D eigenvalue weighted by atomic mass is 16.5. The van der Waals surface area contributed by atoms with E-state index in [1.54, 1.807) is 23.1 Å². The predicted molar refractivity (Wildman–Crippen MR) is 141 cm³/mol. The van der Waals surface area contributed by atoms with E-state index in [0.717, 1.165) is 52.8 Å². The van der Waals surface area contributed by atoms with Crippen molar-refractivity contribution in [3.05, 3.63) is 84.3 Å². The molecule has 5 rings (SSSR count). The molecule has 184 valence electrons. The number of aromatic nitrogens is 3. The summed E-state index contributed by atoms with van der Waals surface area (Å²) < 4.78 is 7.99. The summed E-state index contributed by atoms with van der Waals surface area (Å²) in [6, 6.07) is 17.8. The zero-order valence-electron chi connectivity index (χ0n) is 20.2. The quantitative estimate of drug-likeness (QED) is 0.340. The van der Waals surface area contributed by atoms with Crippen LogP contribution in [0.1, 0.15) is 35.2 Å². The van der Waals surface area contributed by atoms with Crippen LogP contribution in [0.2, 0.25) is 0 Å². The second-order valence-electron chi connectivity index (χ2n) is 9.25. The third-order valence-corrected chi connectivity index (χ3v) is 6.58. The number of hydrogen-bond acceptors (Lipinski definition) is 6. The van der Waals surface area contributed by atoms with E-state index < -0.39 is 0 Å². The van der Waals surface area contributed by atoms with Crippen molar-refractivity contribution in [1.29, 1.82) is 0 Å². The van der Waals surface area contributed by atoms with Crippen LogP contribution in [-0.4, -0.2) is 32.8 Å². The normalized spacial score (nSPS) is 17.2. The van der Waals surface area contributed by atoms with Gasteiger partial charge in [-0.05, 0) is 60.2 Å². The first kappa shape index (κ1) is 23.6. The van der Waals surface area contributed by atoms with Crippen molar-refractivity contribution in [1.82, 2.24) is 20.1 Å². The molecular weight excluding hydrogens is 452 g/mol. The largest absolute Gasteiger partial charge is 0.399 e. The van der Waals surface area contributed by atoms with E-state index in [1.165, 1.54) is 0 Å². The van der Waals surface area contributed by atoms with Gasteiger partial charge in [-0.2, -0.15) is 5.10 Å². The number of rotatable bonds is 7. The average Bonchev–Trinajstić information content (AvgIpc) is 3.52. The molecule has 0 bridgehead atoms. The Balaban J connectivity index is 1.24. The molecule has 0 unspecified atom stereocenters. The Bertz CT molecular complexity index is 1380. The lowest BCUT2D eigenvalue weighted by Gasteiger charge is -2.22. The molecule has 1 aliphatic carbocycles. The van der Waals surface area contributed by atoms with E-state index >= 15 is 0 Å². The Labute approximate surface area is 210 Å². The van der Waals surface area contributed by atoms with Crippen molar-refractivity contribution in [2.75, 3.05) is 11.5 Å². The molecule has 0 saturated heterocycles. The first-order chi connectivity index (χ1) is 17.5. The third kappa shape index (κ3) is 5.23. The van der Waals surface area contributed by atoms with Gasteiger partial charge in [0.25, 0.3) is 5.91 Å². The number of anilines is 2. The summed E-state index contributed by atoms with van der Waals surface area (Å²) in [5, 5.41) is 7.32. The second kappa shape index (κ2) is 10.2. The average molecular weight is 483 g/mol. The highest BCUT2D eigenvalue weighted by molar-refractivity contribution is 5.99. The van der Waals surface area contributed by atoms with Crippen LogP contribution in [0.5, 0.6) is 0 Å². The molecule has 5 N–H and O–H groups in total. The lowest BCUT2D eigenvalue weighted by molar-refractivity contribution is 0.0272. The van der Waals surface area contributed by atoms with Gasteiger partial charge in [0.15, 0.2) is 0 Å². The number of ether oxygens (including phenoxy) is 1. The van der Waals surface area contributed by atoms with Gasteiger partial charge in [-0.3, -0.25) is 9.48 Å². The fourth-order valence-corrected chi connectivity index (χ4v) is 4.68. The van der Waals surface area contributed by atoms with Crippen molar-refractivity contribution in [2.45, 2.75) is 38.0 Å². The summed E-state index contributed by atoms with van der Waals surface area (Å²) in [5.41, 5.74) is 18.0. The van der Waals surface area contributed by atoms with Crippen molar-refractivity contribution >= 4 is 17.4 Å². The Morgan fingerprint density at radius 3 is 2.61 bits per heavy atom. The molecule has 2 atom stereocenters. The van der Waals surface area contributed by atoms with Gasteiger partial charge in [-0.1, -0.05) is 30.3 Å². The van der Waals surface area contributed by atoms with Crippen LogP contribution in [0.3, 0.4) is 0 Å². The van der Waals surface area contributed by atoms with E-state index in [9.17, 15) is 4.79 Å². The summed E-state index contributed by atoms with van der Waals surface area (Å²) in [4.78, 5) is 17.4. The van der Waals surface area contributed by atoms with Crippen LogP contribution in [-0.2, 0) is 18.4 Å². The summed E-state index contributed by atoms with van der Waals surface area (Å²) in [7, 11) is 1.84. The molecule has 8 nitrogen and oxygen atoms in total. The van der Waals surface area contributed by atoms with Crippen LogP contribution in [0.25, 0.3) is 22.3 Å². The molecule has 1 saturated carbocycles. The molecule has 2 aromatic carbocycles. The lowest BCUT2D eigenvalue weighted by atomic mass is 10.0. The number of pyridine rings is 1. The molecular formula is C28H30N6O2. The van der Waals surface area contributed by atoms with Gasteiger partial charge >= 0.3 is 0 Å². The number of benzene rings is 2. The Morgan fingerprint density at radius 2 is 1.83 bits per heavy atom. The zero-order chi connectivity index (χ0) is 25.1. The number of nitrogens with zero attached hydrogens (tertiary/aromatic N) is 3. The second-order valence-corrected chi connectivity index (χ2v) is 9.25. The minimum absolute atomic E-state index is 0.0688. The fourth-order valence-electron chi connectivity index (χ4n) is 4.68. The van der Waals surface area contributed by atoms with E-state index in [0.29, 0.717) is 12.2 Å². The van der Waals surface area contributed by atoms with Gasteiger partial charge in [0.1, 0.15) is 5.82 Å². The number of nitrogens with one attached hydrogen (secondary N) is 1. The van der Waals surface area contributed by atoms with Crippen molar-refractivity contribution in [2.24, 2.45) is 7.05 Å². The number of nitrogens with two attached hydrogens (primary N) is 2. The maximum atomic E-state index is 13.1. The fraction of sp³-hybridized carbons (Fsp3) is 0.250. The summed E-state index contributed by atoms with van der Waals surface area (Å²) in [5.74, 6) is -0.0381. The van der Waals surface area contributed by atoms with Gasteiger partial charge in [0.05, 0.1) is 30.5 Å². The Morgan fingerprint density at radius 1 is 1.03 bits per heavy atom. The summed E-state index contributed by atoms with van der Waals surface area (Å²) >= 11 is 0. The first-order valence-electron chi connectivity index (χ1n) is 12.1. The summed E-state index contributed by atoms with van der Waals surface area (Å²) in [6.45, 7) is 0.466. The number of amides is 1. The van der Waals surface area contributed by atoms with Gasteiger partial charge < -0.3 is 21.5 Å². The number of carbonyl (C=O) groups is 1. The van der Waals surface area contributed by atoms with Gasteiger partial charge in [0.2, 0.25) is 0 Å². The SMILES string of the molecule is Cn1cc(-c2cnc(N)c(C(=O)N[C@H]3CCC[C@@H]3OCc3cccc(-c4cccc(N)c4)c3)c2)cn1. The van der Waals surface area contributed by atoms with Crippen LogP contribution in [0.15, 0.2) is 73.2 Å². The predicted octanol–water partition coefficient (Wildman–Crippen LogP) is 4.18. The van der Waals surface area contributed by atoms with Crippen LogP contribution in [0, 0.1) is 0 Å². The lowest BCUT2D eigenvalue weighted by Crippen LogP contribution is -2.41. The van der Waals surface area contributed by atoms with E-state index in [1.807, 2.05) is 43.6 Å². The van der Waals surface area contributed by atoms with E-state index in [4.69, 9.17) is 16.2 Å². The molecule has 1 fully saturated rings. The van der Waals surface area contributed by atoms with Crippen molar-refractivity contribution in [3.63, 3.8) is 0 Å². The molecule has 2 heterocycles. The molecule has 0 aliphatic heterocycles. The maximum Gasteiger partial charge on any atom is 0.255 e. The Hall–Kier alpha value is -4.17. The first-order valence-corrected chi connectivity index (χ1v) is 12.1. The molecule has 4 aromatic rings. The molecule has 2 aromatic heterocycles. The topological polar surface area (TPSA) is 121 Å². The van der Waals surface area contributed by atoms with Crippen LogP contribution in [0.4, 0.5) is 11.5 Å². The molecule has 36 heavy (non-hydrogen) atoms. The molecule has 0 radical (unpaired) electrons. The van der Waals surface area contributed by atoms with E-state index in [2.05, 4.69) is 33.6 Å². The highest BCUT2D eigenvalue weighted by Gasteiger charge is 2.30. The minimum Gasteiger partial charge on any atom is -0.399 e. The number of aryl methyl sites for hydroxylation is 1. The zero-order valence-corrected chi connectivity index (χ0v) is 20.2. The number of nitrogen functional groups attached to an aromatic ring is 2. The van der Waals surface area contributed by atoms with Crippen molar-refractivity contribution in [3.8, 4) is 22.3 Å². The standard InChI is InChI=1S/C28H30N6O2/c1-34-16-22(15-32-34)21-13-24(27(30)31-14-21)28(35)33-25-9-4-10-26(25)36-17-18-5-2-6-19(11-18)20-7-3-8-23(29)12-20/h2-3,5-8,11-16,25-26H,4,9-10,17,29H2,1H3,(H2,30,31)(H,33,35)/t25-,26-/m0/s1. The van der Waals surface area contributed by atoms with Gasteiger partial charge in [-0.25, -0.2) is 4.98 Å². The monoisotopic (exact) mass is 482 g/mol. The van der Waals surface area contributed by atoms with Crippen LogP contribution < -0.4 is 16.8 Å². The number of carbonyl (C=O) groups excluding carboxylic acids is 1. The molecule has 1 aliphatic rings. The molecule has 1 amide bonds. The minimum atomic E-state index is -0.241. The molecule has 8 heteroatoms. The van der Waals surface area contributed by atoms with Crippen LogP contribution >= 0.6 is 0 Å².